The van der Waals surface area contributed by atoms with Gasteiger partial charge in [-0.25, -0.2) is 18.0 Å². The number of esters is 1. The first-order valence-corrected chi connectivity index (χ1v) is 12.3. The van der Waals surface area contributed by atoms with Gasteiger partial charge in [-0.05, 0) is 24.5 Å². The van der Waals surface area contributed by atoms with Crippen molar-refractivity contribution in [3.63, 3.8) is 0 Å². The second-order valence-electron chi connectivity index (χ2n) is 9.40. The number of rotatable bonds is 10. The summed E-state index contributed by atoms with van der Waals surface area (Å²) in [4.78, 5) is 42.3. The van der Waals surface area contributed by atoms with Crippen LogP contribution in [-0.4, -0.2) is 72.1 Å². The number of fused-ring (bicyclic) bond motifs is 1. The van der Waals surface area contributed by atoms with Crippen LogP contribution in [0.2, 0.25) is 0 Å². The molecule has 2 aliphatic rings. The number of halogens is 9. The van der Waals surface area contributed by atoms with Crippen LogP contribution in [0.1, 0.15) is 31.7 Å². The van der Waals surface area contributed by atoms with Crippen molar-refractivity contribution in [2.75, 3.05) is 13.1 Å². The van der Waals surface area contributed by atoms with Gasteiger partial charge in [-0.1, -0.05) is 13.3 Å². The van der Waals surface area contributed by atoms with E-state index in [0.29, 0.717) is 18.7 Å². The lowest BCUT2D eigenvalue weighted by atomic mass is 9.96. The van der Waals surface area contributed by atoms with Crippen LogP contribution in [0.5, 0.6) is 0 Å². The Hall–Kier alpha value is -3.83. The summed E-state index contributed by atoms with van der Waals surface area (Å²) in [5, 5.41) is 3.64. The quantitative estimate of drug-likeness (QED) is 0.160. The molecule has 42 heavy (non-hydrogen) atoms. The summed E-state index contributed by atoms with van der Waals surface area (Å²) in [6.07, 6.45) is -11.3. The molecule has 0 spiro atoms. The maximum atomic E-state index is 14.1. The van der Waals surface area contributed by atoms with Crippen LogP contribution in [0.4, 0.5) is 39.5 Å². The van der Waals surface area contributed by atoms with Crippen LogP contribution >= 0.6 is 0 Å². The number of nitrogens with zero attached hydrogens (tertiary/aromatic N) is 2. The third kappa shape index (κ3) is 6.79. The fraction of sp³-hybridized carbons (Fsp3) is 0.500. The third-order valence-electron chi connectivity index (χ3n) is 6.24. The molecule has 0 saturated heterocycles. The number of nitrogens with two attached hydrogens (primary N) is 1. The number of ketones is 1. The smallest absolute Gasteiger partial charge is 0.404 e. The number of Topliss-reactive ketones (excluding diaryl/α,β-unsaturated/α-hetero) is 1. The number of carbonyl (C=O) groups is 3. The van der Waals surface area contributed by atoms with Gasteiger partial charge in [0.15, 0.2) is 17.4 Å². The Morgan fingerprint density at radius 3 is 2.38 bits per heavy atom. The van der Waals surface area contributed by atoms with Crippen molar-refractivity contribution in [2.45, 2.75) is 62.9 Å². The van der Waals surface area contributed by atoms with Crippen molar-refractivity contribution in [3.8, 4) is 0 Å². The van der Waals surface area contributed by atoms with Crippen molar-refractivity contribution >= 4 is 23.9 Å². The predicted octanol–water partition coefficient (Wildman–Crippen LogP) is 2.74. The lowest BCUT2D eigenvalue weighted by Gasteiger charge is -2.42. The highest BCUT2D eigenvalue weighted by Gasteiger charge is 2.64. The van der Waals surface area contributed by atoms with Gasteiger partial charge >= 0.3 is 30.1 Å². The number of unbranched alkanes of at least 4 members (excludes halogenated alkanes) is 1. The zero-order valence-corrected chi connectivity index (χ0v) is 21.6. The highest BCUT2D eigenvalue weighted by Crippen LogP contribution is 2.41. The molecule has 18 heteroatoms. The highest BCUT2D eigenvalue weighted by molar-refractivity contribution is 5.96. The van der Waals surface area contributed by atoms with E-state index in [9.17, 15) is 53.9 Å². The molecule has 3 rings (SSSR count). The Balaban J connectivity index is 2.03. The minimum atomic E-state index is -5.76. The Morgan fingerprint density at radius 1 is 1.14 bits per heavy atom. The maximum absolute atomic E-state index is 14.1. The molecule has 1 amide bonds. The van der Waals surface area contributed by atoms with Gasteiger partial charge in [0, 0.05) is 31.3 Å². The van der Waals surface area contributed by atoms with E-state index in [-0.39, 0.29) is 23.9 Å². The normalized spacial score (nSPS) is 21.1. The molecule has 1 aromatic rings. The van der Waals surface area contributed by atoms with Crippen LogP contribution in [0.3, 0.4) is 0 Å². The largest absolute Gasteiger partial charge is 0.491 e. The van der Waals surface area contributed by atoms with E-state index in [1.54, 1.807) is 6.92 Å². The number of carbonyl (C=O) groups excluding carboxylic acids is 3. The van der Waals surface area contributed by atoms with Gasteiger partial charge in [-0.15, -0.1) is 0 Å². The number of allylic oxidation sites excluding steroid dienone is 2. The number of amides is 1. The van der Waals surface area contributed by atoms with Gasteiger partial charge in [0.1, 0.15) is 17.6 Å². The van der Waals surface area contributed by atoms with Crippen LogP contribution in [0, 0.1) is 17.5 Å². The summed E-state index contributed by atoms with van der Waals surface area (Å²) in [5.74, 6) is -13.4. The average Bonchev–Trinajstić information content (AvgIpc) is 3.23. The number of ether oxygens (including phenoxy) is 1. The van der Waals surface area contributed by atoms with E-state index in [1.165, 1.54) is 5.32 Å². The monoisotopic (exact) mass is 617 g/mol. The molecular formula is C24H24F9N5O4. The Kier molecular flexibility index (Phi) is 9.48. The molecule has 2 aliphatic heterocycles. The predicted molar refractivity (Wildman–Crippen MR) is 126 cm³/mol. The number of benzene rings is 1. The molecule has 2 unspecified atom stereocenters. The van der Waals surface area contributed by atoms with Gasteiger partial charge in [0.05, 0.1) is 12.2 Å². The first kappa shape index (κ1) is 32.7. The van der Waals surface area contributed by atoms with Gasteiger partial charge in [-0.2, -0.15) is 26.3 Å². The lowest BCUT2D eigenvalue weighted by Crippen LogP contribution is -2.70. The van der Waals surface area contributed by atoms with E-state index in [2.05, 4.69) is 15.0 Å². The molecule has 0 saturated carbocycles. The molecule has 3 atom stereocenters. The van der Waals surface area contributed by atoms with Crippen molar-refractivity contribution in [3.05, 3.63) is 46.5 Å². The SMILES string of the molecule is CCCCNC(=O)C1(OC(=O)C(F)(F)F)NC(C(F)(F)F)=C2C=NC[C@H](C(=O)CC(N)Cc3cc(F)c(F)cc3F)N21. The summed E-state index contributed by atoms with van der Waals surface area (Å²) in [5.41, 5.74) is 2.53. The second-order valence-corrected chi connectivity index (χ2v) is 9.40. The lowest BCUT2D eigenvalue weighted by molar-refractivity contribution is -0.232. The van der Waals surface area contributed by atoms with Gasteiger partial charge in [0.25, 0.3) is 0 Å². The average molecular weight is 617 g/mol. The minimum Gasteiger partial charge on any atom is -0.404 e. The number of hydrogen-bond acceptors (Lipinski definition) is 8. The Bertz CT molecular complexity index is 1300. The van der Waals surface area contributed by atoms with Crippen molar-refractivity contribution in [1.29, 1.82) is 0 Å². The second kappa shape index (κ2) is 12.2. The highest BCUT2D eigenvalue weighted by atomic mass is 19.4. The van der Waals surface area contributed by atoms with Crippen LogP contribution in [-0.2, 0) is 25.5 Å². The van der Waals surface area contributed by atoms with Crippen LogP contribution in [0.15, 0.2) is 28.5 Å². The summed E-state index contributed by atoms with van der Waals surface area (Å²) in [7, 11) is 0. The van der Waals surface area contributed by atoms with E-state index in [4.69, 9.17) is 5.73 Å². The summed E-state index contributed by atoms with van der Waals surface area (Å²) >= 11 is 0. The molecule has 1 aromatic carbocycles. The Morgan fingerprint density at radius 2 is 1.79 bits per heavy atom. The number of nitrogens with one attached hydrogen (secondary N) is 2. The minimum absolute atomic E-state index is 0.237. The maximum Gasteiger partial charge on any atom is 0.491 e. The van der Waals surface area contributed by atoms with Crippen LogP contribution in [0.25, 0.3) is 0 Å². The first-order valence-electron chi connectivity index (χ1n) is 12.3. The van der Waals surface area contributed by atoms with E-state index < -0.39 is 102 Å². The van der Waals surface area contributed by atoms with Crippen molar-refractivity contribution in [1.82, 2.24) is 15.5 Å². The van der Waals surface area contributed by atoms with Crippen molar-refractivity contribution < 1.29 is 58.6 Å². The van der Waals surface area contributed by atoms with E-state index >= 15 is 0 Å². The van der Waals surface area contributed by atoms with Gasteiger partial charge < -0.3 is 21.1 Å². The molecule has 0 bridgehead atoms. The fourth-order valence-corrected chi connectivity index (χ4v) is 4.33. The molecule has 0 radical (unpaired) electrons. The van der Waals surface area contributed by atoms with Crippen LogP contribution < -0.4 is 16.4 Å². The zero-order chi connectivity index (χ0) is 31.6. The summed E-state index contributed by atoms with van der Waals surface area (Å²) in [6, 6.07) is -2.58. The van der Waals surface area contributed by atoms with E-state index in [1.807, 2.05) is 0 Å². The zero-order valence-electron chi connectivity index (χ0n) is 21.6. The topological polar surface area (TPSA) is 126 Å². The number of hydrogen-bond donors (Lipinski definition) is 3. The van der Waals surface area contributed by atoms with Crippen molar-refractivity contribution in [2.24, 2.45) is 10.7 Å². The third-order valence-corrected chi connectivity index (χ3v) is 6.24. The standard InChI is InChI=1S/C24H24F9N5O4/c1-2-3-4-36-20(40)24(42-21(41)23(31,32)33)37-19(22(28,29)30)17-10-35-9-16(38(17)24)18(39)7-12(34)5-11-6-14(26)15(27)8-13(11)25/h6,8,10,12,16,37H,2-5,7,9,34H2,1H3,(H,36,40)/t12?,16-,24?/m1/s1. The molecule has 9 nitrogen and oxygen atoms in total. The fourth-order valence-electron chi connectivity index (χ4n) is 4.33. The molecular weight excluding hydrogens is 593 g/mol. The molecule has 2 heterocycles. The summed E-state index contributed by atoms with van der Waals surface area (Å²) in [6.45, 7) is 0.714. The van der Waals surface area contributed by atoms with E-state index in [0.717, 1.165) is 0 Å². The number of alkyl halides is 6. The number of aliphatic imine (C=N–C) groups is 1. The Labute approximate surface area is 231 Å². The molecule has 0 aromatic heterocycles. The molecule has 0 fully saturated rings. The van der Waals surface area contributed by atoms with Gasteiger partial charge in [0.2, 0.25) is 0 Å². The summed E-state index contributed by atoms with van der Waals surface area (Å²) < 4.78 is 127. The van der Waals surface area contributed by atoms with Gasteiger partial charge in [-0.3, -0.25) is 19.5 Å². The molecule has 0 aliphatic carbocycles. The molecule has 232 valence electrons. The molecule has 4 N–H and O–H groups in total. The first-order chi connectivity index (χ1) is 19.4.